The van der Waals surface area contributed by atoms with Crippen LogP contribution in [0.2, 0.25) is 0 Å². The monoisotopic (exact) mass is 415 g/mol. The number of carbonyl (C=O) groups is 1. The lowest BCUT2D eigenvalue weighted by atomic mass is 10.0. The van der Waals surface area contributed by atoms with Crippen molar-refractivity contribution < 1.29 is 13.2 Å². The summed E-state index contributed by atoms with van der Waals surface area (Å²) < 4.78 is 27.2. The topological polar surface area (TPSA) is 83.7 Å². The normalized spacial score (nSPS) is 24.1. The van der Waals surface area contributed by atoms with Gasteiger partial charge in [-0.1, -0.05) is 26.0 Å². The molecule has 1 aliphatic heterocycles. The number of sulfonamides is 1. The van der Waals surface area contributed by atoms with Crippen molar-refractivity contribution in [3.8, 4) is 0 Å². The molecule has 0 bridgehead atoms. The number of rotatable bonds is 4. The Kier molecular flexibility index (Phi) is 7.30. The molecule has 27 heavy (non-hydrogen) atoms. The molecule has 1 aromatic carbocycles. The number of piperazine rings is 1. The van der Waals surface area contributed by atoms with E-state index in [-0.39, 0.29) is 30.3 Å². The van der Waals surface area contributed by atoms with Crippen molar-refractivity contribution in [1.82, 2.24) is 9.21 Å². The van der Waals surface area contributed by atoms with Gasteiger partial charge < -0.3 is 10.6 Å². The van der Waals surface area contributed by atoms with E-state index in [1.165, 1.54) is 4.31 Å². The van der Waals surface area contributed by atoms with Crippen molar-refractivity contribution in [2.45, 2.75) is 50.0 Å². The van der Waals surface area contributed by atoms with Crippen LogP contribution in [-0.4, -0.2) is 55.8 Å². The predicted octanol–water partition coefficient (Wildman–Crippen LogP) is 2.19. The van der Waals surface area contributed by atoms with Crippen LogP contribution in [0.15, 0.2) is 29.2 Å². The summed E-state index contributed by atoms with van der Waals surface area (Å²) in [6, 6.07) is 7.24. The Bertz CT molecular complexity index is 744. The van der Waals surface area contributed by atoms with E-state index in [2.05, 4.69) is 13.8 Å². The first-order valence-corrected chi connectivity index (χ1v) is 10.9. The fourth-order valence-electron chi connectivity index (χ4n) is 3.82. The van der Waals surface area contributed by atoms with E-state index in [9.17, 15) is 13.2 Å². The van der Waals surface area contributed by atoms with Gasteiger partial charge in [0.15, 0.2) is 0 Å². The molecule has 2 aliphatic rings. The van der Waals surface area contributed by atoms with Gasteiger partial charge in [0.2, 0.25) is 15.9 Å². The summed E-state index contributed by atoms with van der Waals surface area (Å²) in [5.41, 5.74) is 7.03. The standard InChI is InChI=1S/C19H29N3O3S.ClH/c1-14(2)15-4-7-18(8-5-15)26(24,25)22-11-9-21(10-12-22)19(23)16-3-6-17(20)13-16;/h4-5,7-8,14,16-17H,3,6,9-13,20H2,1-2H3;1H. The lowest BCUT2D eigenvalue weighted by molar-refractivity contribution is -0.136. The van der Waals surface area contributed by atoms with E-state index < -0.39 is 10.0 Å². The third kappa shape index (κ3) is 4.83. The van der Waals surface area contributed by atoms with E-state index in [0.717, 1.165) is 24.8 Å². The Balaban J connectivity index is 0.00000261. The molecule has 8 heteroatoms. The van der Waals surface area contributed by atoms with Gasteiger partial charge in [-0.25, -0.2) is 8.42 Å². The predicted molar refractivity (Wildman–Crippen MR) is 108 cm³/mol. The summed E-state index contributed by atoms with van der Waals surface area (Å²) in [6.45, 7) is 5.76. The highest BCUT2D eigenvalue weighted by molar-refractivity contribution is 7.89. The molecule has 1 amide bonds. The first-order chi connectivity index (χ1) is 12.3. The Morgan fingerprint density at radius 1 is 1.07 bits per heavy atom. The number of nitrogens with zero attached hydrogens (tertiary/aromatic N) is 2. The van der Waals surface area contributed by atoms with E-state index in [0.29, 0.717) is 37.0 Å². The minimum Gasteiger partial charge on any atom is -0.340 e. The Labute approximate surface area is 168 Å². The lowest BCUT2D eigenvalue weighted by Gasteiger charge is -2.35. The highest BCUT2D eigenvalue weighted by Crippen LogP contribution is 2.27. The first kappa shape index (κ1) is 22.1. The fraction of sp³-hybridized carbons (Fsp3) is 0.632. The fourth-order valence-corrected chi connectivity index (χ4v) is 5.24. The molecule has 6 nitrogen and oxygen atoms in total. The second-order valence-corrected chi connectivity index (χ2v) is 9.66. The molecule has 2 N–H and O–H groups in total. The Morgan fingerprint density at radius 3 is 2.15 bits per heavy atom. The van der Waals surface area contributed by atoms with Crippen molar-refractivity contribution in [2.24, 2.45) is 11.7 Å². The zero-order valence-corrected chi connectivity index (χ0v) is 17.6. The number of hydrogen-bond acceptors (Lipinski definition) is 4. The van der Waals surface area contributed by atoms with Gasteiger partial charge in [-0.3, -0.25) is 4.79 Å². The number of halogens is 1. The van der Waals surface area contributed by atoms with E-state index in [4.69, 9.17) is 5.73 Å². The summed E-state index contributed by atoms with van der Waals surface area (Å²) in [6.07, 6.45) is 2.50. The number of amides is 1. The molecule has 3 rings (SSSR count). The van der Waals surface area contributed by atoms with Crippen LogP contribution in [0.5, 0.6) is 0 Å². The molecule has 2 atom stereocenters. The maximum Gasteiger partial charge on any atom is 0.243 e. The van der Waals surface area contributed by atoms with Gasteiger partial charge in [0.1, 0.15) is 0 Å². The van der Waals surface area contributed by atoms with E-state index in [1.54, 1.807) is 17.0 Å². The SMILES string of the molecule is CC(C)c1ccc(S(=O)(=O)N2CCN(C(=O)C3CCC(N)C3)CC2)cc1.Cl. The number of benzene rings is 1. The second-order valence-electron chi connectivity index (χ2n) is 7.72. The molecular formula is C19H30ClN3O3S. The van der Waals surface area contributed by atoms with Crippen molar-refractivity contribution >= 4 is 28.3 Å². The minimum atomic E-state index is -3.51. The van der Waals surface area contributed by atoms with Gasteiger partial charge >= 0.3 is 0 Å². The van der Waals surface area contributed by atoms with Gasteiger partial charge in [-0.15, -0.1) is 12.4 Å². The number of carbonyl (C=O) groups excluding carboxylic acids is 1. The van der Waals surface area contributed by atoms with Crippen molar-refractivity contribution in [3.05, 3.63) is 29.8 Å². The largest absolute Gasteiger partial charge is 0.340 e. The van der Waals surface area contributed by atoms with Crippen molar-refractivity contribution in [2.75, 3.05) is 26.2 Å². The molecule has 2 fully saturated rings. The third-order valence-electron chi connectivity index (χ3n) is 5.56. The smallest absolute Gasteiger partial charge is 0.243 e. The minimum absolute atomic E-state index is 0. The van der Waals surface area contributed by atoms with Crippen LogP contribution in [0.4, 0.5) is 0 Å². The van der Waals surface area contributed by atoms with Crippen LogP contribution in [0, 0.1) is 5.92 Å². The van der Waals surface area contributed by atoms with Crippen LogP contribution in [0.25, 0.3) is 0 Å². The van der Waals surface area contributed by atoms with Crippen LogP contribution >= 0.6 is 12.4 Å². The summed E-state index contributed by atoms with van der Waals surface area (Å²) in [5, 5.41) is 0. The molecule has 2 unspecified atom stereocenters. The van der Waals surface area contributed by atoms with Gasteiger partial charge in [-0.05, 0) is 42.9 Å². The molecule has 1 heterocycles. The molecule has 1 saturated carbocycles. The maximum absolute atomic E-state index is 12.9. The Morgan fingerprint density at radius 2 is 1.67 bits per heavy atom. The Hall–Kier alpha value is -1.15. The van der Waals surface area contributed by atoms with E-state index >= 15 is 0 Å². The third-order valence-corrected chi connectivity index (χ3v) is 7.47. The summed E-state index contributed by atoms with van der Waals surface area (Å²) in [7, 11) is -3.51. The summed E-state index contributed by atoms with van der Waals surface area (Å²) in [5.74, 6) is 0.512. The number of hydrogen-bond donors (Lipinski definition) is 1. The average Bonchev–Trinajstić information content (AvgIpc) is 3.07. The van der Waals surface area contributed by atoms with Crippen LogP contribution < -0.4 is 5.73 Å². The average molecular weight is 416 g/mol. The molecular weight excluding hydrogens is 386 g/mol. The lowest BCUT2D eigenvalue weighted by Crippen LogP contribution is -2.51. The first-order valence-electron chi connectivity index (χ1n) is 9.43. The summed E-state index contributed by atoms with van der Waals surface area (Å²) >= 11 is 0. The van der Waals surface area contributed by atoms with Crippen LogP contribution in [-0.2, 0) is 14.8 Å². The maximum atomic E-state index is 12.9. The number of nitrogens with two attached hydrogens (primary N) is 1. The highest BCUT2D eigenvalue weighted by Gasteiger charge is 2.35. The molecule has 0 aromatic heterocycles. The highest BCUT2D eigenvalue weighted by atomic mass is 35.5. The molecule has 1 saturated heterocycles. The van der Waals surface area contributed by atoms with Crippen molar-refractivity contribution in [1.29, 1.82) is 0 Å². The zero-order chi connectivity index (χ0) is 18.9. The van der Waals surface area contributed by atoms with Crippen LogP contribution in [0.3, 0.4) is 0 Å². The summed E-state index contributed by atoms with van der Waals surface area (Å²) in [4.78, 5) is 14.7. The molecule has 1 aliphatic carbocycles. The van der Waals surface area contributed by atoms with Gasteiger partial charge in [-0.2, -0.15) is 4.31 Å². The van der Waals surface area contributed by atoms with Gasteiger partial charge in [0.25, 0.3) is 0 Å². The quantitative estimate of drug-likeness (QED) is 0.816. The molecule has 152 valence electrons. The molecule has 0 radical (unpaired) electrons. The van der Waals surface area contributed by atoms with E-state index in [1.807, 2.05) is 12.1 Å². The van der Waals surface area contributed by atoms with Gasteiger partial charge in [0, 0.05) is 38.1 Å². The van der Waals surface area contributed by atoms with Crippen molar-refractivity contribution in [3.63, 3.8) is 0 Å². The zero-order valence-electron chi connectivity index (χ0n) is 16.0. The van der Waals surface area contributed by atoms with Crippen LogP contribution in [0.1, 0.15) is 44.6 Å². The molecule has 1 aromatic rings. The second kappa shape index (κ2) is 8.90. The van der Waals surface area contributed by atoms with Gasteiger partial charge in [0.05, 0.1) is 4.90 Å². The molecule has 0 spiro atoms.